The molecular formula is C14H19ClN4. The van der Waals surface area contributed by atoms with Crippen LogP contribution in [0.3, 0.4) is 0 Å². The van der Waals surface area contributed by atoms with Crippen molar-refractivity contribution in [3.63, 3.8) is 0 Å². The molecule has 1 heterocycles. The van der Waals surface area contributed by atoms with Crippen molar-refractivity contribution in [2.75, 3.05) is 11.9 Å². The molecule has 0 bridgehead atoms. The Hall–Kier alpha value is -1.52. The smallest absolute Gasteiger partial charge is 0.127 e. The average Bonchev–Trinajstić information content (AvgIpc) is 2.74. The second kappa shape index (κ2) is 5.63. The molecule has 1 atom stereocenters. The molecule has 4 nitrogen and oxygen atoms in total. The SMILES string of the molecule is C[C@@H](N)c1ccc(N(C)Cc2nccn2C)c(Cl)c1. The summed E-state index contributed by atoms with van der Waals surface area (Å²) in [6.45, 7) is 2.66. The third-order valence-corrected chi connectivity index (χ3v) is 3.51. The van der Waals surface area contributed by atoms with Gasteiger partial charge in [-0.3, -0.25) is 0 Å². The van der Waals surface area contributed by atoms with Crippen LogP contribution in [0.25, 0.3) is 0 Å². The van der Waals surface area contributed by atoms with Crippen LogP contribution in [0, 0.1) is 0 Å². The Labute approximate surface area is 118 Å². The number of nitrogens with two attached hydrogens (primary N) is 1. The molecule has 0 radical (unpaired) electrons. The second-order valence-electron chi connectivity index (χ2n) is 4.81. The van der Waals surface area contributed by atoms with Crippen molar-refractivity contribution in [2.45, 2.75) is 19.5 Å². The van der Waals surface area contributed by atoms with Crippen LogP contribution in [-0.4, -0.2) is 16.6 Å². The van der Waals surface area contributed by atoms with Crippen molar-refractivity contribution in [1.82, 2.24) is 9.55 Å². The van der Waals surface area contributed by atoms with Crippen molar-refractivity contribution < 1.29 is 0 Å². The third kappa shape index (κ3) is 3.08. The Morgan fingerprint density at radius 2 is 2.21 bits per heavy atom. The van der Waals surface area contributed by atoms with E-state index >= 15 is 0 Å². The summed E-state index contributed by atoms with van der Waals surface area (Å²) in [7, 11) is 3.98. The second-order valence-corrected chi connectivity index (χ2v) is 5.22. The first-order valence-corrected chi connectivity index (χ1v) is 6.59. The fraction of sp³-hybridized carbons (Fsp3) is 0.357. The highest BCUT2D eigenvalue weighted by molar-refractivity contribution is 6.33. The van der Waals surface area contributed by atoms with Crippen molar-refractivity contribution in [2.24, 2.45) is 12.8 Å². The van der Waals surface area contributed by atoms with Crippen LogP contribution < -0.4 is 10.6 Å². The number of hydrogen-bond acceptors (Lipinski definition) is 3. The molecular weight excluding hydrogens is 260 g/mol. The van der Waals surface area contributed by atoms with Crippen molar-refractivity contribution >= 4 is 17.3 Å². The molecule has 19 heavy (non-hydrogen) atoms. The molecule has 0 amide bonds. The monoisotopic (exact) mass is 278 g/mol. The lowest BCUT2D eigenvalue weighted by molar-refractivity contribution is 0.761. The van der Waals surface area contributed by atoms with Crippen LogP contribution in [0.4, 0.5) is 5.69 Å². The van der Waals surface area contributed by atoms with Gasteiger partial charge < -0.3 is 15.2 Å². The summed E-state index contributed by atoms with van der Waals surface area (Å²) >= 11 is 6.32. The minimum absolute atomic E-state index is 0.00797. The average molecular weight is 279 g/mol. The maximum Gasteiger partial charge on any atom is 0.127 e. The Morgan fingerprint density at radius 1 is 1.47 bits per heavy atom. The topological polar surface area (TPSA) is 47.1 Å². The lowest BCUT2D eigenvalue weighted by Gasteiger charge is -2.21. The van der Waals surface area contributed by atoms with Gasteiger partial charge in [0.15, 0.2) is 0 Å². The molecule has 2 rings (SSSR count). The maximum atomic E-state index is 6.32. The van der Waals surface area contributed by atoms with Gasteiger partial charge in [0.1, 0.15) is 5.82 Å². The van der Waals surface area contributed by atoms with Crippen LogP contribution in [-0.2, 0) is 13.6 Å². The number of halogens is 1. The Bertz CT molecular complexity index is 562. The highest BCUT2D eigenvalue weighted by Crippen LogP contribution is 2.28. The highest BCUT2D eigenvalue weighted by atomic mass is 35.5. The van der Waals surface area contributed by atoms with E-state index in [-0.39, 0.29) is 6.04 Å². The Balaban J connectivity index is 2.20. The lowest BCUT2D eigenvalue weighted by Crippen LogP contribution is -2.19. The van der Waals surface area contributed by atoms with Crippen LogP contribution in [0.2, 0.25) is 5.02 Å². The fourth-order valence-corrected chi connectivity index (χ4v) is 2.30. The number of rotatable bonds is 4. The summed E-state index contributed by atoms with van der Waals surface area (Å²) in [5.41, 5.74) is 7.87. The molecule has 2 N–H and O–H groups in total. The summed E-state index contributed by atoms with van der Waals surface area (Å²) in [5.74, 6) is 0.995. The number of anilines is 1. The molecule has 0 unspecified atom stereocenters. The van der Waals surface area contributed by atoms with E-state index in [0.717, 1.165) is 17.1 Å². The molecule has 102 valence electrons. The van der Waals surface area contributed by atoms with Gasteiger partial charge in [0.2, 0.25) is 0 Å². The van der Waals surface area contributed by atoms with Gasteiger partial charge >= 0.3 is 0 Å². The van der Waals surface area contributed by atoms with E-state index in [1.54, 1.807) is 6.20 Å². The number of imidazole rings is 1. The zero-order valence-electron chi connectivity index (χ0n) is 11.5. The Kier molecular flexibility index (Phi) is 4.12. The highest BCUT2D eigenvalue weighted by Gasteiger charge is 2.11. The fourth-order valence-electron chi connectivity index (χ4n) is 1.96. The maximum absolute atomic E-state index is 6.32. The van der Waals surface area contributed by atoms with Gasteiger partial charge in [-0.15, -0.1) is 0 Å². The molecule has 5 heteroatoms. The lowest BCUT2D eigenvalue weighted by atomic mass is 10.1. The minimum Gasteiger partial charge on any atom is -0.366 e. The van der Waals surface area contributed by atoms with Crippen LogP contribution in [0.15, 0.2) is 30.6 Å². The third-order valence-electron chi connectivity index (χ3n) is 3.21. The molecule has 0 spiro atoms. The summed E-state index contributed by atoms with van der Waals surface area (Å²) in [4.78, 5) is 6.39. The summed E-state index contributed by atoms with van der Waals surface area (Å²) < 4.78 is 2.00. The molecule has 0 aliphatic carbocycles. The van der Waals surface area contributed by atoms with Crippen molar-refractivity contribution in [3.8, 4) is 0 Å². The van der Waals surface area contributed by atoms with Crippen molar-refractivity contribution in [1.29, 1.82) is 0 Å². The van der Waals surface area contributed by atoms with Crippen molar-refractivity contribution in [3.05, 3.63) is 47.0 Å². The standard InChI is InChI=1S/C14H19ClN4/c1-10(16)11-4-5-13(12(15)8-11)19(3)9-14-17-6-7-18(14)2/h4-8,10H,9,16H2,1-3H3/t10-/m1/s1. The molecule has 1 aromatic carbocycles. The summed E-state index contributed by atoms with van der Waals surface area (Å²) in [6, 6.07) is 5.94. The molecule has 1 aromatic heterocycles. The molecule has 0 saturated heterocycles. The van der Waals surface area contributed by atoms with E-state index in [1.807, 2.05) is 50.0 Å². The van der Waals surface area contributed by atoms with Crippen LogP contribution >= 0.6 is 11.6 Å². The quantitative estimate of drug-likeness (QED) is 0.935. The van der Waals surface area contributed by atoms with Gasteiger partial charge in [-0.05, 0) is 24.6 Å². The zero-order valence-corrected chi connectivity index (χ0v) is 12.2. The van der Waals surface area contributed by atoms with Gasteiger partial charge in [0, 0.05) is 32.5 Å². The predicted octanol–water partition coefficient (Wildman–Crippen LogP) is 2.73. The largest absolute Gasteiger partial charge is 0.366 e. The molecule has 0 fully saturated rings. The van der Waals surface area contributed by atoms with Gasteiger partial charge in [0.25, 0.3) is 0 Å². The van der Waals surface area contributed by atoms with Crippen LogP contribution in [0.1, 0.15) is 24.4 Å². The van der Waals surface area contributed by atoms with Gasteiger partial charge in [0.05, 0.1) is 17.3 Å². The Morgan fingerprint density at radius 3 is 2.74 bits per heavy atom. The number of hydrogen-bond donors (Lipinski definition) is 1. The number of aryl methyl sites for hydroxylation is 1. The molecule has 0 aliphatic heterocycles. The minimum atomic E-state index is -0.00797. The summed E-state index contributed by atoms with van der Waals surface area (Å²) in [5, 5.41) is 0.714. The zero-order chi connectivity index (χ0) is 14.0. The van der Waals surface area contributed by atoms with Gasteiger partial charge in [-0.1, -0.05) is 17.7 Å². The van der Waals surface area contributed by atoms with E-state index in [2.05, 4.69) is 9.88 Å². The van der Waals surface area contributed by atoms with E-state index in [9.17, 15) is 0 Å². The first-order valence-electron chi connectivity index (χ1n) is 6.21. The molecule has 2 aromatic rings. The normalized spacial score (nSPS) is 12.5. The number of nitrogens with zero attached hydrogens (tertiary/aromatic N) is 3. The van der Waals surface area contributed by atoms with Crippen LogP contribution in [0.5, 0.6) is 0 Å². The van der Waals surface area contributed by atoms with E-state index in [1.165, 1.54) is 0 Å². The van der Waals surface area contributed by atoms with Gasteiger partial charge in [-0.2, -0.15) is 0 Å². The number of aromatic nitrogens is 2. The first kappa shape index (κ1) is 13.9. The number of benzene rings is 1. The van der Waals surface area contributed by atoms with E-state index in [4.69, 9.17) is 17.3 Å². The van der Waals surface area contributed by atoms with Gasteiger partial charge in [-0.25, -0.2) is 4.98 Å². The van der Waals surface area contributed by atoms with E-state index < -0.39 is 0 Å². The predicted molar refractivity (Wildman–Crippen MR) is 79.4 cm³/mol. The molecule has 0 saturated carbocycles. The first-order chi connectivity index (χ1) is 8.99. The van der Waals surface area contributed by atoms with E-state index in [0.29, 0.717) is 11.6 Å². The summed E-state index contributed by atoms with van der Waals surface area (Å²) in [6.07, 6.45) is 3.73. The molecule has 0 aliphatic rings.